The number of nitrogens with zero attached hydrogens (tertiary/aromatic N) is 3. The van der Waals surface area contributed by atoms with Crippen molar-refractivity contribution in [3.63, 3.8) is 0 Å². The van der Waals surface area contributed by atoms with Crippen molar-refractivity contribution < 1.29 is 13.2 Å². The van der Waals surface area contributed by atoms with Gasteiger partial charge in [-0.15, -0.1) is 0 Å². The fourth-order valence-corrected chi connectivity index (χ4v) is 5.02. The average molecular weight is 377 g/mol. The third-order valence-corrected chi connectivity index (χ3v) is 6.64. The quantitative estimate of drug-likeness (QED) is 0.778. The minimum absolute atomic E-state index is 0.00518. The number of fused-ring (bicyclic) bond motifs is 2. The standard InChI is InChI=1S/C17H23N5O3S/c1-22-17(18-11-19-22)10-25-15-4-6-16(7-5-15)26(23,24)21-14-8-12-2-3-13(9-14)20-12/h4-7,11-14,20-21H,2-3,8-10H2,1H3. The topological polar surface area (TPSA) is 98.1 Å². The summed E-state index contributed by atoms with van der Waals surface area (Å²) in [6.45, 7) is 0.276. The van der Waals surface area contributed by atoms with E-state index >= 15 is 0 Å². The monoisotopic (exact) mass is 377 g/mol. The van der Waals surface area contributed by atoms with Gasteiger partial charge in [0.15, 0.2) is 5.82 Å². The Labute approximate surface area is 153 Å². The maximum atomic E-state index is 12.6. The van der Waals surface area contributed by atoms with Gasteiger partial charge in [-0.3, -0.25) is 4.68 Å². The van der Waals surface area contributed by atoms with Crippen molar-refractivity contribution in [2.24, 2.45) is 7.05 Å². The van der Waals surface area contributed by atoms with Crippen molar-refractivity contribution in [1.82, 2.24) is 24.8 Å². The summed E-state index contributed by atoms with van der Waals surface area (Å²) >= 11 is 0. The van der Waals surface area contributed by atoms with Crippen molar-refractivity contribution in [3.8, 4) is 5.75 Å². The van der Waals surface area contributed by atoms with E-state index < -0.39 is 10.0 Å². The van der Waals surface area contributed by atoms with Crippen LogP contribution in [0.5, 0.6) is 5.75 Å². The predicted molar refractivity (Wildman–Crippen MR) is 95.1 cm³/mol. The first-order chi connectivity index (χ1) is 12.5. The molecule has 0 saturated carbocycles. The first-order valence-corrected chi connectivity index (χ1v) is 10.3. The second-order valence-corrected chi connectivity index (χ2v) is 8.70. The molecular formula is C17H23N5O3S. The lowest BCUT2D eigenvalue weighted by Gasteiger charge is -2.29. The number of nitrogens with one attached hydrogen (secondary N) is 2. The molecule has 0 radical (unpaired) electrons. The molecule has 2 bridgehead atoms. The van der Waals surface area contributed by atoms with Crippen LogP contribution in [0.4, 0.5) is 0 Å². The van der Waals surface area contributed by atoms with Crippen LogP contribution in [-0.2, 0) is 23.7 Å². The van der Waals surface area contributed by atoms with E-state index in [0.717, 1.165) is 25.7 Å². The smallest absolute Gasteiger partial charge is 0.240 e. The molecule has 140 valence electrons. The SMILES string of the molecule is Cn1ncnc1COc1ccc(S(=O)(=O)NC2CC3CCC(C2)N3)cc1. The molecule has 2 saturated heterocycles. The molecule has 2 N–H and O–H groups in total. The highest BCUT2D eigenvalue weighted by Crippen LogP contribution is 2.28. The van der Waals surface area contributed by atoms with Crippen LogP contribution in [0.3, 0.4) is 0 Å². The Kier molecular flexibility index (Phi) is 4.68. The minimum atomic E-state index is -3.52. The van der Waals surface area contributed by atoms with Gasteiger partial charge in [0, 0.05) is 25.2 Å². The van der Waals surface area contributed by atoms with Gasteiger partial charge in [0.05, 0.1) is 4.90 Å². The zero-order valence-electron chi connectivity index (χ0n) is 14.6. The number of rotatable bonds is 6. The van der Waals surface area contributed by atoms with E-state index in [0.29, 0.717) is 23.7 Å². The number of hydrogen-bond acceptors (Lipinski definition) is 6. The second-order valence-electron chi connectivity index (χ2n) is 6.99. The Balaban J connectivity index is 1.38. The van der Waals surface area contributed by atoms with E-state index in [4.69, 9.17) is 4.74 Å². The third-order valence-electron chi connectivity index (χ3n) is 5.10. The predicted octanol–water partition coefficient (Wildman–Crippen LogP) is 0.955. The molecule has 2 aromatic rings. The van der Waals surface area contributed by atoms with Gasteiger partial charge >= 0.3 is 0 Å². The zero-order valence-corrected chi connectivity index (χ0v) is 15.4. The van der Waals surface area contributed by atoms with Gasteiger partial charge < -0.3 is 10.1 Å². The Hall–Kier alpha value is -1.97. The average Bonchev–Trinajstić information content (AvgIpc) is 3.18. The van der Waals surface area contributed by atoms with Gasteiger partial charge in [0.25, 0.3) is 0 Å². The maximum absolute atomic E-state index is 12.6. The van der Waals surface area contributed by atoms with Crippen LogP contribution in [0.2, 0.25) is 0 Å². The lowest BCUT2D eigenvalue weighted by molar-refractivity contribution is 0.289. The fraction of sp³-hybridized carbons (Fsp3) is 0.529. The summed E-state index contributed by atoms with van der Waals surface area (Å²) in [6, 6.07) is 7.36. The summed E-state index contributed by atoms with van der Waals surface area (Å²) in [7, 11) is -1.73. The highest BCUT2D eigenvalue weighted by atomic mass is 32.2. The van der Waals surface area contributed by atoms with E-state index in [9.17, 15) is 8.42 Å². The van der Waals surface area contributed by atoms with E-state index in [2.05, 4.69) is 20.1 Å². The highest BCUT2D eigenvalue weighted by Gasteiger charge is 2.35. The minimum Gasteiger partial charge on any atom is -0.486 e. The van der Waals surface area contributed by atoms with Crippen molar-refractivity contribution >= 4 is 10.0 Å². The van der Waals surface area contributed by atoms with Crippen LogP contribution in [0.15, 0.2) is 35.5 Å². The number of aryl methyl sites for hydroxylation is 1. The van der Waals surface area contributed by atoms with E-state index in [1.807, 2.05) is 0 Å². The molecule has 2 fully saturated rings. The molecule has 2 atom stereocenters. The number of ether oxygens (including phenoxy) is 1. The Morgan fingerprint density at radius 1 is 1.23 bits per heavy atom. The van der Waals surface area contributed by atoms with Crippen molar-refractivity contribution in [2.45, 2.75) is 55.3 Å². The molecular weight excluding hydrogens is 354 g/mol. The van der Waals surface area contributed by atoms with Crippen molar-refractivity contribution in [2.75, 3.05) is 0 Å². The van der Waals surface area contributed by atoms with E-state index in [-0.39, 0.29) is 17.5 Å². The largest absolute Gasteiger partial charge is 0.486 e. The lowest BCUT2D eigenvalue weighted by Crippen LogP contribution is -2.47. The first kappa shape index (κ1) is 17.4. The first-order valence-electron chi connectivity index (χ1n) is 8.84. The van der Waals surface area contributed by atoms with Gasteiger partial charge in [-0.2, -0.15) is 5.10 Å². The van der Waals surface area contributed by atoms with Crippen molar-refractivity contribution in [3.05, 3.63) is 36.4 Å². The number of hydrogen-bond donors (Lipinski definition) is 2. The van der Waals surface area contributed by atoms with Gasteiger partial charge in [-0.05, 0) is 49.9 Å². The number of aromatic nitrogens is 3. The summed E-state index contributed by atoms with van der Waals surface area (Å²) in [5, 5.41) is 7.50. The Bertz CT molecular complexity index is 853. The lowest BCUT2D eigenvalue weighted by atomic mass is 10.0. The van der Waals surface area contributed by atoms with E-state index in [1.54, 1.807) is 36.0 Å². The van der Waals surface area contributed by atoms with Crippen LogP contribution in [0.25, 0.3) is 0 Å². The third kappa shape index (κ3) is 3.74. The van der Waals surface area contributed by atoms with E-state index in [1.165, 1.54) is 6.33 Å². The van der Waals surface area contributed by atoms with Gasteiger partial charge in [0.1, 0.15) is 18.7 Å². The summed E-state index contributed by atoms with van der Waals surface area (Å²) in [5.74, 6) is 1.29. The zero-order chi connectivity index (χ0) is 18.1. The highest BCUT2D eigenvalue weighted by molar-refractivity contribution is 7.89. The Morgan fingerprint density at radius 3 is 2.54 bits per heavy atom. The summed E-state index contributed by atoms with van der Waals surface area (Å²) in [6.07, 6.45) is 5.46. The molecule has 2 aliphatic heterocycles. The maximum Gasteiger partial charge on any atom is 0.240 e. The van der Waals surface area contributed by atoms with Crippen LogP contribution in [0, 0.1) is 0 Å². The van der Waals surface area contributed by atoms with Crippen LogP contribution >= 0.6 is 0 Å². The number of benzene rings is 1. The molecule has 4 rings (SSSR count). The van der Waals surface area contributed by atoms with Gasteiger partial charge in [-0.1, -0.05) is 0 Å². The normalized spacial score (nSPS) is 25.3. The molecule has 0 amide bonds. The van der Waals surface area contributed by atoms with Gasteiger partial charge in [0.2, 0.25) is 10.0 Å². The van der Waals surface area contributed by atoms with Crippen LogP contribution in [0.1, 0.15) is 31.5 Å². The number of sulfonamides is 1. The molecule has 9 heteroatoms. The number of piperidine rings is 1. The van der Waals surface area contributed by atoms with Gasteiger partial charge in [-0.25, -0.2) is 18.1 Å². The summed E-state index contributed by atoms with van der Waals surface area (Å²) < 4.78 is 35.4. The molecule has 2 aliphatic rings. The molecule has 1 aromatic carbocycles. The molecule has 0 spiro atoms. The Morgan fingerprint density at radius 2 is 1.92 bits per heavy atom. The van der Waals surface area contributed by atoms with Crippen LogP contribution < -0.4 is 14.8 Å². The molecule has 2 unspecified atom stereocenters. The molecule has 8 nitrogen and oxygen atoms in total. The summed E-state index contributed by atoms with van der Waals surface area (Å²) in [5.41, 5.74) is 0. The molecule has 1 aromatic heterocycles. The second kappa shape index (κ2) is 6.98. The van der Waals surface area contributed by atoms with Crippen molar-refractivity contribution in [1.29, 1.82) is 0 Å². The molecule has 3 heterocycles. The molecule has 26 heavy (non-hydrogen) atoms. The summed E-state index contributed by atoms with van der Waals surface area (Å²) in [4.78, 5) is 4.34. The fourth-order valence-electron chi connectivity index (χ4n) is 3.75. The molecule has 0 aliphatic carbocycles. The van der Waals surface area contributed by atoms with Crippen LogP contribution in [-0.4, -0.2) is 41.3 Å².